The lowest BCUT2D eigenvalue weighted by Gasteiger charge is -2.09. The molecule has 0 radical (unpaired) electrons. The topological polar surface area (TPSA) is 12.0 Å². The van der Waals surface area contributed by atoms with Crippen LogP contribution in [0, 0.1) is 6.92 Å². The van der Waals surface area contributed by atoms with E-state index in [2.05, 4.69) is 24.4 Å². The van der Waals surface area contributed by atoms with E-state index in [0.717, 1.165) is 26.0 Å². The van der Waals surface area contributed by atoms with Gasteiger partial charge in [0.25, 0.3) is 0 Å². The predicted octanol–water partition coefficient (Wildman–Crippen LogP) is 6.13. The number of halogens is 2. The number of thiophene rings is 1. The molecule has 0 saturated heterocycles. The Hall–Kier alpha value is -1.22. The van der Waals surface area contributed by atoms with Gasteiger partial charge in [-0.15, -0.1) is 11.3 Å². The number of nitrogens with one attached hydrogen (secondary N) is 1. The van der Waals surface area contributed by atoms with Gasteiger partial charge in [-0.25, -0.2) is 0 Å². The molecular weight excluding hydrogens is 309 g/mol. The molecule has 1 aromatic heterocycles. The zero-order valence-electron chi connectivity index (χ0n) is 10.9. The van der Waals surface area contributed by atoms with Crippen molar-refractivity contribution in [3.05, 3.63) is 63.0 Å². The van der Waals surface area contributed by atoms with Crippen molar-refractivity contribution in [1.29, 1.82) is 0 Å². The van der Waals surface area contributed by atoms with E-state index in [0.29, 0.717) is 6.54 Å². The van der Waals surface area contributed by atoms with Gasteiger partial charge < -0.3 is 5.32 Å². The normalized spacial score (nSPS) is 10.9. The zero-order valence-corrected chi connectivity index (χ0v) is 13.2. The van der Waals surface area contributed by atoms with Crippen LogP contribution in [0.15, 0.2) is 42.5 Å². The summed E-state index contributed by atoms with van der Waals surface area (Å²) in [4.78, 5) is 1.15. The molecule has 3 rings (SSSR count). The molecule has 20 heavy (non-hydrogen) atoms. The Bertz CT molecular complexity index is 764. The second-order valence-electron chi connectivity index (χ2n) is 4.65. The minimum atomic E-state index is 0.708. The molecule has 0 spiro atoms. The highest BCUT2D eigenvalue weighted by Gasteiger charge is 2.09. The highest BCUT2D eigenvalue weighted by Crippen LogP contribution is 2.35. The van der Waals surface area contributed by atoms with Gasteiger partial charge >= 0.3 is 0 Å². The molecule has 0 fully saturated rings. The van der Waals surface area contributed by atoms with Crippen LogP contribution < -0.4 is 5.32 Å². The van der Waals surface area contributed by atoms with Gasteiger partial charge in [0.2, 0.25) is 0 Å². The predicted molar refractivity (Wildman–Crippen MR) is 90.4 cm³/mol. The summed E-state index contributed by atoms with van der Waals surface area (Å²) in [5.41, 5.74) is 2.22. The number of rotatable bonds is 3. The fraction of sp³-hybridized carbons (Fsp3) is 0.125. The van der Waals surface area contributed by atoms with Gasteiger partial charge in [0.05, 0.1) is 11.6 Å². The van der Waals surface area contributed by atoms with E-state index in [1.165, 1.54) is 10.3 Å². The maximum Gasteiger partial charge on any atom is 0.0642 e. The van der Waals surface area contributed by atoms with E-state index < -0.39 is 0 Å². The number of anilines is 1. The molecule has 102 valence electrons. The number of benzene rings is 2. The molecule has 1 heterocycles. The summed E-state index contributed by atoms with van der Waals surface area (Å²) in [6, 6.07) is 14.1. The molecule has 1 N–H and O–H groups in total. The van der Waals surface area contributed by atoms with Crippen molar-refractivity contribution in [3.63, 3.8) is 0 Å². The summed E-state index contributed by atoms with van der Waals surface area (Å²) < 4.78 is 1.22. The number of hydrogen-bond donors (Lipinski definition) is 1. The molecule has 3 aromatic rings. The summed E-state index contributed by atoms with van der Waals surface area (Å²) in [5, 5.41) is 6.12. The molecule has 1 nitrogen and oxygen atoms in total. The van der Waals surface area contributed by atoms with Crippen molar-refractivity contribution in [2.75, 3.05) is 5.32 Å². The Balaban J connectivity index is 1.87. The van der Waals surface area contributed by atoms with Crippen molar-refractivity contribution in [2.24, 2.45) is 0 Å². The summed E-state index contributed by atoms with van der Waals surface area (Å²) in [6.45, 7) is 2.77. The first kappa shape index (κ1) is 13.7. The molecule has 0 saturated carbocycles. The van der Waals surface area contributed by atoms with Crippen LogP contribution in [0.2, 0.25) is 10.0 Å². The highest BCUT2D eigenvalue weighted by molar-refractivity contribution is 7.19. The van der Waals surface area contributed by atoms with E-state index in [4.69, 9.17) is 23.2 Å². The standard InChI is InChI=1S/C16H13Cl2NS/c1-10-6-7-11(17)8-13(10)19-9-15-16(18)12-4-2-3-5-14(12)20-15/h2-8,19H,9H2,1H3. The maximum atomic E-state index is 6.44. The van der Waals surface area contributed by atoms with Crippen LogP contribution in [-0.4, -0.2) is 0 Å². The summed E-state index contributed by atoms with van der Waals surface area (Å²) in [6.07, 6.45) is 0. The van der Waals surface area contributed by atoms with E-state index in [9.17, 15) is 0 Å². The Kier molecular flexibility index (Phi) is 3.88. The molecule has 0 unspecified atom stereocenters. The summed E-state index contributed by atoms with van der Waals surface area (Å²) in [7, 11) is 0. The largest absolute Gasteiger partial charge is 0.380 e. The molecule has 0 bridgehead atoms. The fourth-order valence-corrected chi connectivity index (χ4v) is 3.75. The van der Waals surface area contributed by atoms with Crippen molar-refractivity contribution < 1.29 is 0 Å². The average Bonchev–Trinajstić information content (AvgIpc) is 2.77. The van der Waals surface area contributed by atoms with E-state index in [-0.39, 0.29) is 0 Å². The lowest BCUT2D eigenvalue weighted by Crippen LogP contribution is -1.99. The van der Waals surface area contributed by atoms with Crippen LogP contribution in [0.5, 0.6) is 0 Å². The van der Waals surface area contributed by atoms with Crippen LogP contribution >= 0.6 is 34.5 Å². The quantitative estimate of drug-likeness (QED) is 0.612. The molecule has 0 atom stereocenters. The minimum Gasteiger partial charge on any atom is -0.380 e. The molecule has 4 heteroatoms. The first-order valence-corrected chi connectivity index (χ1v) is 7.88. The molecule has 0 aliphatic rings. The van der Waals surface area contributed by atoms with Crippen molar-refractivity contribution in [3.8, 4) is 0 Å². The zero-order chi connectivity index (χ0) is 14.1. The van der Waals surface area contributed by atoms with Crippen molar-refractivity contribution in [2.45, 2.75) is 13.5 Å². The third kappa shape index (κ3) is 2.64. The lowest BCUT2D eigenvalue weighted by atomic mass is 10.2. The van der Waals surface area contributed by atoms with E-state index >= 15 is 0 Å². The smallest absolute Gasteiger partial charge is 0.0642 e. The Labute approximate surface area is 132 Å². The van der Waals surface area contributed by atoms with Gasteiger partial charge in [-0.05, 0) is 30.7 Å². The third-order valence-electron chi connectivity index (χ3n) is 3.24. The Morgan fingerprint density at radius 2 is 1.90 bits per heavy atom. The van der Waals surface area contributed by atoms with Gasteiger partial charge in [-0.1, -0.05) is 47.5 Å². The van der Waals surface area contributed by atoms with Gasteiger partial charge in [0.1, 0.15) is 0 Å². The van der Waals surface area contributed by atoms with Gasteiger partial charge in [0.15, 0.2) is 0 Å². The number of aryl methyl sites for hydroxylation is 1. The first-order chi connectivity index (χ1) is 9.65. The van der Waals surface area contributed by atoms with E-state index in [1.807, 2.05) is 30.3 Å². The summed E-state index contributed by atoms with van der Waals surface area (Å²) >= 11 is 14.2. The fourth-order valence-electron chi connectivity index (χ4n) is 2.14. The van der Waals surface area contributed by atoms with Gasteiger partial charge in [0, 0.05) is 25.7 Å². The Morgan fingerprint density at radius 3 is 2.70 bits per heavy atom. The number of hydrogen-bond acceptors (Lipinski definition) is 2. The molecule has 2 aromatic carbocycles. The molecule has 0 amide bonds. The Morgan fingerprint density at radius 1 is 1.10 bits per heavy atom. The molecule has 0 aliphatic heterocycles. The molecular formula is C16H13Cl2NS. The monoisotopic (exact) mass is 321 g/mol. The summed E-state index contributed by atoms with van der Waals surface area (Å²) in [5.74, 6) is 0. The SMILES string of the molecule is Cc1ccc(Cl)cc1NCc1sc2ccccc2c1Cl. The second-order valence-corrected chi connectivity index (χ2v) is 6.60. The van der Waals surface area contributed by atoms with Crippen LogP contribution in [0.1, 0.15) is 10.4 Å². The van der Waals surface area contributed by atoms with Gasteiger partial charge in [-0.3, -0.25) is 0 Å². The van der Waals surface area contributed by atoms with Crippen LogP contribution in [0.3, 0.4) is 0 Å². The van der Waals surface area contributed by atoms with Crippen molar-refractivity contribution in [1.82, 2.24) is 0 Å². The van der Waals surface area contributed by atoms with Crippen LogP contribution in [-0.2, 0) is 6.54 Å². The second kappa shape index (κ2) is 5.65. The minimum absolute atomic E-state index is 0.708. The number of fused-ring (bicyclic) bond motifs is 1. The van der Waals surface area contributed by atoms with E-state index in [1.54, 1.807) is 11.3 Å². The van der Waals surface area contributed by atoms with Gasteiger partial charge in [-0.2, -0.15) is 0 Å². The molecule has 0 aliphatic carbocycles. The highest BCUT2D eigenvalue weighted by atomic mass is 35.5. The third-order valence-corrected chi connectivity index (χ3v) is 5.19. The first-order valence-electron chi connectivity index (χ1n) is 6.31. The maximum absolute atomic E-state index is 6.44. The van der Waals surface area contributed by atoms with Crippen LogP contribution in [0.4, 0.5) is 5.69 Å². The van der Waals surface area contributed by atoms with Crippen LogP contribution in [0.25, 0.3) is 10.1 Å². The lowest BCUT2D eigenvalue weighted by molar-refractivity contribution is 1.18. The average molecular weight is 322 g/mol. The van der Waals surface area contributed by atoms with Crippen molar-refractivity contribution >= 4 is 50.3 Å².